The van der Waals surface area contributed by atoms with Crippen LogP contribution in [0.4, 0.5) is 0 Å². The molecule has 0 N–H and O–H groups in total. The van der Waals surface area contributed by atoms with E-state index < -0.39 is 0 Å². The van der Waals surface area contributed by atoms with E-state index in [1.54, 1.807) is 25.3 Å². The van der Waals surface area contributed by atoms with Crippen LogP contribution in [0.2, 0.25) is 0 Å². The molecule has 1 radical (unpaired) electrons. The average Bonchev–Trinajstić information content (AvgIpc) is 2.16. The van der Waals surface area contributed by atoms with Crippen LogP contribution in [0.25, 0.3) is 0 Å². The van der Waals surface area contributed by atoms with Gasteiger partial charge in [0.15, 0.2) is 0 Å². The molecule has 0 amide bonds. The maximum absolute atomic E-state index is 11.1. The van der Waals surface area contributed by atoms with Gasteiger partial charge < -0.3 is 9.47 Å². The monoisotopic (exact) mass is 179 g/mol. The molecule has 69 valence electrons. The molecule has 0 aliphatic carbocycles. The summed E-state index contributed by atoms with van der Waals surface area (Å²) in [5, 5.41) is 0. The highest BCUT2D eigenvalue weighted by atomic mass is 16.5. The smallest absolute Gasteiger partial charge is 0.338 e. The van der Waals surface area contributed by atoms with Crippen molar-refractivity contribution in [1.82, 2.24) is 0 Å². The van der Waals surface area contributed by atoms with Gasteiger partial charge in [-0.3, -0.25) is 0 Å². The number of rotatable bonds is 2. The van der Waals surface area contributed by atoms with Crippen molar-refractivity contribution in [3.8, 4) is 5.75 Å². The van der Waals surface area contributed by atoms with Crippen LogP contribution in [0.5, 0.6) is 5.75 Å². The van der Waals surface area contributed by atoms with Gasteiger partial charge in [0.25, 0.3) is 0 Å². The zero-order valence-corrected chi connectivity index (χ0v) is 7.66. The van der Waals surface area contributed by atoms with E-state index in [1.807, 2.05) is 0 Å². The summed E-state index contributed by atoms with van der Waals surface area (Å²) in [7, 11) is 2.90. The second-order valence-electron chi connectivity index (χ2n) is 2.51. The molecule has 0 fully saturated rings. The maximum Gasteiger partial charge on any atom is 0.338 e. The van der Waals surface area contributed by atoms with E-state index in [2.05, 4.69) is 11.7 Å². The zero-order chi connectivity index (χ0) is 9.84. The summed E-state index contributed by atoms with van der Waals surface area (Å²) in [6, 6.07) is 5.01. The first kappa shape index (κ1) is 9.58. The SMILES string of the molecule is [CH2]c1cc(OC)ccc1C(=O)OC. The first-order valence-corrected chi connectivity index (χ1v) is 3.77. The lowest BCUT2D eigenvalue weighted by Crippen LogP contribution is -2.03. The molecule has 0 saturated heterocycles. The number of benzene rings is 1. The highest BCUT2D eigenvalue weighted by Gasteiger charge is 2.08. The van der Waals surface area contributed by atoms with Gasteiger partial charge in [0, 0.05) is 0 Å². The number of methoxy groups -OCH3 is 2. The summed E-state index contributed by atoms with van der Waals surface area (Å²) < 4.78 is 9.54. The van der Waals surface area contributed by atoms with E-state index in [0.717, 1.165) is 0 Å². The first-order chi connectivity index (χ1) is 6.19. The number of carbonyl (C=O) groups excluding carboxylic acids is 1. The zero-order valence-electron chi connectivity index (χ0n) is 7.66. The van der Waals surface area contributed by atoms with Gasteiger partial charge in [-0.1, -0.05) is 0 Å². The van der Waals surface area contributed by atoms with E-state index in [9.17, 15) is 4.79 Å². The predicted molar refractivity (Wildman–Crippen MR) is 48.8 cm³/mol. The Morgan fingerprint density at radius 1 is 1.38 bits per heavy atom. The van der Waals surface area contributed by atoms with E-state index in [-0.39, 0.29) is 5.97 Å². The van der Waals surface area contributed by atoms with Gasteiger partial charge in [-0.05, 0) is 30.7 Å². The Morgan fingerprint density at radius 2 is 2.08 bits per heavy atom. The molecule has 13 heavy (non-hydrogen) atoms. The Hall–Kier alpha value is -1.51. The minimum Gasteiger partial charge on any atom is -0.497 e. The summed E-state index contributed by atoms with van der Waals surface area (Å²) in [6.07, 6.45) is 0. The average molecular weight is 179 g/mol. The minimum atomic E-state index is -0.382. The third-order valence-corrected chi connectivity index (χ3v) is 1.72. The number of ether oxygens (including phenoxy) is 2. The first-order valence-electron chi connectivity index (χ1n) is 3.77. The second kappa shape index (κ2) is 3.94. The predicted octanol–water partition coefficient (Wildman–Crippen LogP) is 1.66. The molecule has 1 aromatic carbocycles. The molecule has 0 bridgehead atoms. The van der Waals surface area contributed by atoms with Crippen molar-refractivity contribution < 1.29 is 14.3 Å². The van der Waals surface area contributed by atoms with Gasteiger partial charge >= 0.3 is 5.97 Å². The van der Waals surface area contributed by atoms with Crippen LogP contribution in [0.15, 0.2) is 18.2 Å². The van der Waals surface area contributed by atoms with Crippen LogP contribution in [0.3, 0.4) is 0 Å². The van der Waals surface area contributed by atoms with Gasteiger partial charge in [-0.2, -0.15) is 0 Å². The van der Waals surface area contributed by atoms with Crippen LogP contribution in [0.1, 0.15) is 15.9 Å². The molecular weight excluding hydrogens is 168 g/mol. The van der Waals surface area contributed by atoms with Crippen LogP contribution in [-0.2, 0) is 4.74 Å². The van der Waals surface area contributed by atoms with Gasteiger partial charge in [0.05, 0.1) is 19.8 Å². The second-order valence-corrected chi connectivity index (χ2v) is 2.51. The highest BCUT2D eigenvalue weighted by molar-refractivity contribution is 5.91. The van der Waals surface area contributed by atoms with Crippen molar-refractivity contribution in [3.05, 3.63) is 36.2 Å². The fourth-order valence-corrected chi connectivity index (χ4v) is 1.01. The number of hydrogen-bond acceptors (Lipinski definition) is 3. The van der Waals surface area contributed by atoms with Gasteiger partial charge in [-0.25, -0.2) is 4.79 Å². The van der Waals surface area contributed by atoms with E-state index in [1.165, 1.54) is 7.11 Å². The molecule has 0 atom stereocenters. The number of hydrogen-bond donors (Lipinski definition) is 0. The summed E-state index contributed by atoms with van der Waals surface area (Å²) in [4.78, 5) is 11.1. The maximum atomic E-state index is 11.1. The molecule has 0 spiro atoms. The molecule has 1 rings (SSSR count). The quantitative estimate of drug-likeness (QED) is 0.648. The Labute approximate surface area is 77.3 Å². The van der Waals surface area contributed by atoms with E-state index in [4.69, 9.17) is 4.74 Å². The third kappa shape index (κ3) is 1.99. The molecule has 1 aromatic rings. The topological polar surface area (TPSA) is 35.5 Å². The van der Waals surface area contributed by atoms with Gasteiger partial charge in [-0.15, -0.1) is 0 Å². The van der Waals surface area contributed by atoms with Crippen molar-refractivity contribution in [3.63, 3.8) is 0 Å². The van der Waals surface area contributed by atoms with Crippen molar-refractivity contribution >= 4 is 5.97 Å². The van der Waals surface area contributed by atoms with E-state index >= 15 is 0 Å². The summed E-state index contributed by atoms with van der Waals surface area (Å²) in [5.41, 5.74) is 1.06. The molecule has 3 nitrogen and oxygen atoms in total. The summed E-state index contributed by atoms with van der Waals surface area (Å²) in [6.45, 7) is 3.72. The van der Waals surface area contributed by atoms with Crippen LogP contribution in [0, 0.1) is 6.92 Å². The van der Waals surface area contributed by atoms with Crippen LogP contribution < -0.4 is 4.74 Å². The molecular formula is C10H11O3. The lowest BCUT2D eigenvalue weighted by Gasteiger charge is -2.05. The van der Waals surface area contributed by atoms with Crippen molar-refractivity contribution in [2.75, 3.05) is 14.2 Å². The Morgan fingerprint density at radius 3 is 2.54 bits per heavy atom. The fraction of sp³-hybridized carbons (Fsp3) is 0.200. The largest absolute Gasteiger partial charge is 0.497 e. The van der Waals surface area contributed by atoms with Gasteiger partial charge in [0.2, 0.25) is 0 Å². The van der Waals surface area contributed by atoms with Crippen LogP contribution >= 0.6 is 0 Å². The molecule has 0 saturated carbocycles. The molecule has 0 aromatic heterocycles. The number of carbonyl (C=O) groups is 1. The summed E-state index contributed by atoms with van der Waals surface area (Å²) >= 11 is 0. The third-order valence-electron chi connectivity index (χ3n) is 1.72. The standard InChI is InChI=1S/C10H11O3/c1-7-6-8(12-2)4-5-9(7)10(11)13-3/h4-6H,1H2,2-3H3. The van der Waals surface area contributed by atoms with E-state index in [0.29, 0.717) is 16.9 Å². The Kier molecular flexibility index (Phi) is 2.90. The van der Waals surface area contributed by atoms with Gasteiger partial charge in [0.1, 0.15) is 5.75 Å². The Bertz CT molecular complexity index is 318. The highest BCUT2D eigenvalue weighted by Crippen LogP contribution is 2.17. The number of esters is 1. The molecule has 3 heteroatoms. The Balaban J connectivity index is 3.05. The van der Waals surface area contributed by atoms with Crippen molar-refractivity contribution in [1.29, 1.82) is 0 Å². The molecule has 0 unspecified atom stereocenters. The molecule has 0 aliphatic heterocycles. The van der Waals surface area contributed by atoms with Crippen molar-refractivity contribution in [2.24, 2.45) is 0 Å². The van der Waals surface area contributed by atoms with Crippen molar-refractivity contribution in [2.45, 2.75) is 0 Å². The van der Waals surface area contributed by atoms with Crippen LogP contribution in [-0.4, -0.2) is 20.2 Å². The minimum absolute atomic E-state index is 0.382. The molecule has 0 heterocycles. The lowest BCUT2D eigenvalue weighted by molar-refractivity contribution is 0.0600. The summed E-state index contributed by atoms with van der Waals surface area (Å²) in [5.74, 6) is 0.297. The fourth-order valence-electron chi connectivity index (χ4n) is 1.01. The lowest BCUT2D eigenvalue weighted by atomic mass is 10.1. The molecule has 0 aliphatic rings. The normalized spacial score (nSPS) is 9.46.